The number of amides is 1. The third-order valence-electron chi connectivity index (χ3n) is 5.49. The Kier molecular flexibility index (Phi) is 6.06. The molecule has 1 aliphatic rings. The van der Waals surface area contributed by atoms with Crippen LogP contribution in [0.15, 0.2) is 53.7 Å². The van der Waals surface area contributed by atoms with Gasteiger partial charge in [0.1, 0.15) is 0 Å². The number of anilines is 2. The standard InChI is InChI=1S/C22H27N5OS/c1-3-26-12-14-27(15-13-26)20-11-7-5-9-18(20)23-21(28)16-29-22-24-17-8-4-6-10-19(17)25(22)2/h4-11H,3,12-16H2,1-2H3,(H,23,28)/p+1. The van der Waals surface area contributed by atoms with E-state index in [0.29, 0.717) is 5.75 Å². The molecule has 0 radical (unpaired) electrons. The lowest BCUT2D eigenvalue weighted by Crippen LogP contribution is -2.46. The van der Waals surface area contributed by atoms with E-state index in [1.54, 1.807) is 0 Å². The zero-order valence-electron chi connectivity index (χ0n) is 17.0. The molecule has 1 saturated heterocycles. The molecular formula is C22H28N5OS+. The molecule has 2 N–H and O–H groups in total. The molecule has 1 aliphatic heterocycles. The van der Waals surface area contributed by atoms with Crippen molar-refractivity contribution >= 4 is 40.1 Å². The molecule has 29 heavy (non-hydrogen) atoms. The molecule has 1 amide bonds. The van der Waals surface area contributed by atoms with Crippen molar-refractivity contribution in [3.8, 4) is 0 Å². The maximum atomic E-state index is 12.7. The number of hydrogen-bond donors (Lipinski definition) is 2. The molecule has 4 rings (SSSR count). The highest BCUT2D eigenvalue weighted by molar-refractivity contribution is 7.99. The second kappa shape index (κ2) is 8.88. The van der Waals surface area contributed by atoms with E-state index >= 15 is 0 Å². The first-order valence-corrected chi connectivity index (χ1v) is 11.1. The lowest BCUT2D eigenvalue weighted by molar-refractivity contribution is -0.683. The van der Waals surface area contributed by atoms with Crippen LogP contribution in [0, 0.1) is 0 Å². The van der Waals surface area contributed by atoms with E-state index in [0.717, 1.165) is 60.3 Å². The summed E-state index contributed by atoms with van der Waals surface area (Å²) in [7, 11) is 2.02. The van der Waals surface area contributed by atoms with Crippen molar-refractivity contribution < 1.29 is 9.36 Å². The largest absolute Gasteiger partial charge is 0.367 e. The smallest absolute Gasteiger partial charge is 0.317 e. The summed E-state index contributed by atoms with van der Waals surface area (Å²) in [6, 6.07) is 16.3. The van der Waals surface area contributed by atoms with Crippen LogP contribution in [0.25, 0.3) is 11.0 Å². The van der Waals surface area contributed by atoms with Crippen molar-refractivity contribution in [2.45, 2.75) is 12.1 Å². The van der Waals surface area contributed by atoms with Gasteiger partial charge in [-0.3, -0.25) is 4.79 Å². The van der Waals surface area contributed by atoms with Crippen LogP contribution in [-0.4, -0.2) is 54.3 Å². The van der Waals surface area contributed by atoms with Gasteiger partial charge in [-0.25, -0.2) is 9.55 Å². The van der Waals surface area contributed by atoms with Crippen molar-refractivity contribution in [1.82, 2.24) is 9.88 Å². The van der Waals surface area contributed by atoms with Crippen LogP contribution in [0.5, 0.6) is 0 Å². The minimum absolute atomic E-state index is 0.00769. The van der Waals surface area contributed by atoms with E-state index < -0.39 is 0 Å². The fraction of sp³-hybridized carbons (Fsp3) is 0.364. The van der Waals surface area contributed by atoms with Crippen LogP contribution in [0.1, 0.15) is 6.92 Å². The van der Waals surface area contributed by atoms with Crippen LogP contribution in [-0.2, 0) is 11.8 Å². The summed E-state index contributed by atoms with van der Waals surface area (Å²) >= 11 is 1.52. The topological polar surface area (TPSA) is 55.2 Å². The first-order valence-electron chi connectivity index (χ1n) is 10.1. The number of hydrogen-bond acceptors (Lipinski definition) is 4. The van der Waals surface area contributed by atoms with Gasteiger partial charge in [-0.05, 0) is 42.6 Å². The van der Waals surface area contributed by atoms with E-state index in [1.165, 1.54) is 11.8 Å². The predicted octanol–water partition coefficient (Wildman–Crippen LogP) is 2.87. The Morgan fingerprint density at radius 2 is 1.83 bits per heavy atom. The van der Waals surface area contributed by atoms with Crippen LogP contribution in [0.2, 0.25) is 0 Å². The second-order valence-electron chi connectivity index (χ2n) is 7.28. The monoisotopic (exact) mass is 410 g/mol. The Morgan fingerprint density at radius 3 is 2.59 bits per heavy atom. The lowest BCUT2D eigenvalue weighted by atomic mass is 10.2. The number of rotatable bonds is 6. The molecule has 0 atom stereocenters. The highest BCUT2D eigenvalue weighted by atomic mass is 32.2. The minimum Gasteiger partial charge on any atom is -0.367 e. The normalized spacial score (nSPS) is 15.0. The van der Waals surface area contributed by atoms with Gasteiger partial charge in [0.05, 0.1) is 24.2 Å². The van der Waals surface area contributed by atoms with E-state index in [1.807, 2.05) is 43.4 Å². The number of likely N-dealkylation sites (N-methyl/N-ethyl adjacent to an activating group) is 1. The number of nitrogens with one attached hydrogen (secondary N) is 2. The summed E-state index contributed by atoms with van der Waals surface area (Å²) in [4.78, 5) is 20.9. The summed E-state index contributed by atoms with van der Waals surface area (Å²) in [5.41, 5.74) is 4.21. The summed E-state index contributed by atoms with van der Waals surface area (Å²) in [6.45, 7) is 7.39. The highest BCUT2D eigenvalue weighted by Crippen LogP contribution is 2.27. The fourth-order valence-corrected chi connectivity index (χ4v) is 4.61. The number of para-hydroxylation sites is 4. The molecule has 0 unspecified atom stereocenters. The molecule has 1 aromatic heterocycles. The van der Waals surface area contributed by atoms with Gasteiger partial charge in [0.25, 0.3) is 0 Å². The number of nitrogens with zero attached hydrogens (tertiary/aromatic N) is 3. The first-order chi connectivity index (χ1) is 14.2. The van der Waals surface area contributed by atoms with Crippen LogP contribution in [0.4, 0.5) is 11.4 Å². The maximum absolute atomic E-state index is 12.7. The zero-order chi connectivity index (χ0) is 20.2. The fourth-order valence-electron chi connectivity index (χ4n) is 3.79. The number of aromatic amines is 1. The molecule has 1 fully saturated rings. The number of aryl methyl sites for hydroxylation is 1. The average Bonchev–Trinajstić information content (AvgIpc) is 3.09. The molecule has 7 heteroatoms. The lowest BCUT2D eigenvalue weighted by Gasteiger charge is -2.36. The van der Waals surface area contributed by atoms with Gasteiger partial charge in [0.15, 0.2) is 11.0 Å². The summed E-state index contributed by atoms with van der Waals surface area (Å²) in [6.07, 6.45) is 0. The Hall–Kier alpha value is -2.51. The number of thioether (sulfide) groups is 1. The average molecular weight is 411 g/mol. The summed E-state index contributed by atoms with van der Waals surface area (Å²) in [5.74, 6) is 0.367. The summed E-state index contributed by atoms with van der Waals surface area (Å²) in [5, 5.41) is 4.10. The zero-order valence-corrected chi connectivity index (χ0v) is 17.8. The van der Waals surface area contributed by atoms with Crippen molar-refractivity contribution in [2.24, 2.45) is 7.05 Å². The number of carbonyl (C=O) groups is 1. The van der Waals surface area contributed by atoms with Gasteiger partial charge in [0, 0.05) is 26.2 Å². The van der Waals surface area contributed by atoms with Crippen molar-refractivity contribution in [3.63, 3.8) is 0 Å². The SMILES string of the molecule is CCN1CCN(c2ccccc2NC(=O)CSc2[nH]c3ccccc3[n+]2C)CC1. The molecule has 3 aromatic rings. The molecule has 0 bridgehead atoms. The van der Waals surface area contributed by atoms with Gasteiger partial charge in [0.2, 0.25) is 5.91 Å². The molecule has 2 aromatic carbocycles. The number of piperazine rings is 1. The predicted molar refractivity (Wildman–Crippen MR) is 120 cm³/mol. The quantitative estimate of drug-likeness (QED) is 0.485. The van der Waals surface area contributed by atoms with Crippen molar-refractivity contribution in [1.29, 1.82) is 0 Å². The van der Waals surface area contributed by atoms with Crippen LogP contribution >= 0.6 is 11.8 Å². The second-order valence-corrected chi connectivity index (χ2v) is 8.25. The molecular weight excluding hydrogens is 382 g/mol. The third-order valence-corrected chi connectivity index (χ3v) is 6.55. The maximum Gasteiger partial charge on any atom is 0.317 e. The van der Waals surface area contributed by atoms with E-state index in [4.69, 9.17) is 0 Å². The van der Waals surface area contributed by atoms with Crippen LogP contribution < -0.4 is 14.8 Å². The Bertz CT molecular complexity index is 994. The van der Waals surface area contributed by atoms with Crippen LogP contribution in [0.3, 0.4) is 0 Å². The Balaban J connectivity index is 1.40. The molecule has 152 valence electrons. The summed E-state index contributed by atoms with van der Waals surface area (Å²) < 4.78 is 2.09. The molecule has 0 saturated carbocycles. The van der Waals surface area contributed by atoms with Crippen molar-refractivity contribution in [3.05, 3.63) is 48.5 Å². The molecule has 0 spiro atoms. The molecule has 2 heterocycles. The third kappa shape index (κ3) is 4.41. The Morgan fingerprint density at radius 1 is 1.10 bits per heavy atom. The number of imidazole rings is 1. The number of carbonyl (C=O) groups excluding carboxylic acids is 1. The van der Waals surface area contributed by atoms with Gasteiger partial charge < -0.3 is 15.1 Å². The molecule has 6 nitrogen and oxygen atoms in total. The molecule has 0 aliphatic carbocycles. The highest BCUT2D eigenvalue weighted by Gasteiger charge is 2.20. The van der Waals surface area contributed by atoms with E-state index in [-0.39, 0.29) is 5.91 Å². The van der Waals surface area contributed by atoms with Gasteiger partial charge >= 0.3 is 5.16 Å². The van der Waals surface area contributed by atoms with E-state index in [9.17, 15) is 4.79 Å². The van der Waals surface area contributed by atoms with Crippen molar-refractivity contribution in [2.75, 3.05) is 48.7 Å². The number of benzene rings is 2. The number of fused-ring (bicyclic) bond motifs is 1. The number of H-pyrrole nitrogens is 1. The van der Waals surface area contributed by atoms with Gasteiger partial charge in [-0.15, -0.1) is 0 Å². The Labute approximate surface area is 175 Å². The van der Waals surface area contributed by atoms with Gasteiger partial charge in [-0.1, -0.05) is 31.2 Å². The van der Waals surface area contributed by atoms with E-state index in [2.05, 4.69) is 43.7 Å². The minimum atomic E-state index is 0.00769. The van der Waals surface area contributed by atoms with Gasteiger partial charge in [-0.2, -0.15) is 0 Å². The first kappa shape index (κ1) is 19.8. The number of aromatic nitrogens is 2.